The van der Waals surface area contributed by atoms with Gasteiger partial charge in [0.2, 0.25) is 5.91 Å². The van der Waals surface area contributed by atoms with Gasteiger partial charge in [-0.3, -0.25) is 9.59 Å². The number of halogens is 1. The van der Waals surface area contributed by atoms with Gasteiger partial charge in [-0.2, -0.15) is 10.2 Å². The third kappa shape index (κ3) is 4.65. The summed E-state index contributed by atoms with van der Waals surface area (Å²) >= 11 is 6.09. The van der Waals surface area contributed by atoms with Gasteiger partial charge in [0.15, 0.2) is 0 Å². The fraction of sp³-hybridized carbons (Fsp3) is 0.143. The van der Waals surface area contributed by atoms with Crippen LogP contribution < -0.4 is 5.56 Å². The number of carbonyl (C=O) groups is 1. The number of nitrogens with zero attached hydrogens (tertiary/aromatic N) is 5. The van der Waals surface area contributed by atoms with Crippen molar-refractivity contribution >= 4 is 28.3 Å². The summed E-state index contributed by atoms with van der Waals surface area (Å²) in [7, 11) is 1.72. The molecule has 36 heavy (non-hydrogen) atoms. The van der Waals surface area contributed by atoms with E-state index in [1.165, 1.54) is 4.68 Å². The Balaban J connectivity index is 1.44. The first-order chi connectivity index (χ1) is 17.4. The second-order valence-corrected chi connectivity index (χ2v) is 9.07. The molecule has 5 rings (SSSR count). The van der Waals surface area contributed by atoms with Gasteiger partial charge in [0.25, 0.3) is 5.56 Å². The van der Waals surface area contributed by atoms with Gasteiger partial charge in [-0.15, -0.1) is 0 Å². The molecule has 0 unspecified atom stereocenters. The van der Waals surface area contributed by atoms with Gasteiger partial charge in [-0.25, -0.2) is 9.36 Å². The third-order valence-corrected chi connectivity index (χ3v) is 6.35. The Kier molecular flexibility index (Phi) is 6.40. The summed E-state index contributed by atoms with van der Waals surface area (Å²) in [4.78, 5) is 27.7. The monoisotopic (exact) mass is 497 g/mol. The van der Waals surface area contributed by atoms with Gasteiger partial charge < -0.3 is 4.90 Å². The molecule has 180 valence electrons. The second kappa shape index (κ2) is 9.79. The van der Waals surface area contributed by atoms with E-state index in [1.807, 2.05) is 85.9 Å². The molecule has 0 N–H and O–H groups in total. The van der Waals surface area contributed by atoms with Crippen molar-refractivity contribution in [2.75, 3.05) is 7.05 Å². The van der Waals surface area contributed by atoms with Crippen molar-refractivity contribution in [3.05, 3.63) is 112 Å². The van der Waals surface area contributed by atoms with Crippen LogP contribution in [0.25, 0.3) is 27.7 Å². The molecule has 2 aromatic heterocycles. The first-order valence-corrected chi connectivity index (χ1v) is 11.9. The molecule has 0 atom stereocenters. The average molecular weight is 498 g/mol. The summed E-state index contributed by atoms with van der Waals surface area (Å²) in [6.07, 6.45) is 1.92. The van der Waals surface area contributed by atoms with Crippen molar-refractivity contribution in [1.29, 1.82) is 0 Å². The lowest BCUT2D eigenvalue weighted by Gasteiger charge is -2.18. The summed E-state index contributed by atoms with van der Waals surface area (Å²) < 4.78 is 3.04. The van der Waals surface area contributed by atoms with E-state index in [9.17, 15) is 9.59 Å². The zero-order chi connectivity index (χ0) is 25.2. The Hall–Kier alpha value is -4.23. The SMILES string of the molecule is Cc1nn(CC(=O)N(C)Cc2cn(-c3ccccc3)nc2-c2ccc(Cl)cc2)c(=O)c2ccccc12. The number of carbonyl (C=O) groups excluding carboxylic acids is 1. The fourth-order valence-corrected chi connectivity index (χ4v) is 4.32. The summed E-state index contributed by atoms with van der Waals surface area (Å²) in [5, 5.41) is 11.2. The molecule has 3 aromatic carbocycles. The lowest BCUT2D eigenvalue weighted by molar-refractivity contribution is -0.131. The van der Waals surface area contributed by atoms with Crippen LogP contribution >= 0.6 is 11.6 Å². The standard InChI is InChI=1S/C28H24ClN5O2/c1-19-24-10-6-7-11-25(24)28(36)34(30-19)18-26(35)32(2)16-21-17-33(23-8-4-3-5-9-23)31-27(21)20-12-14-22(29)15-13-20/h3-15,17H,16,18H2,1-2H3. The van der Waals surface area contributed by atoms with Crippen LogP contribution in [-0.4, -0.2) is 37.4 Å². The minimum atomic E-state index is -0.281. The van der Waals surface area contributed by atoms with E-state index in [2.05, 4.69) is 5.10 Å². The Labute approximate surface area is 213 Å². The highest BCUT2D eigenvalue weighted by molar-refractivity contribution is 6.30. The molecule has 2 heterocycles. The number of benzene rings is 3. The Morgan fingerprint density at radius 2 is 1.58 bits per heavy atom. The molecule has 0 aliphatic heterocycles. The predicted octanol–water partition coefficient (Wildman–Crippen LogP) is 4.87. The van der Waals surface area contributed by atoms with Crippen molar-refractivity contribution in [2.24, 2.45) is 0 Å². The van der Waals surface area contributed by atoms with Crippen molar-refractivity contribution in [3.8, 4) is 16.9 Å². The highest BCUT2D eigenvalue weighted by atomic mass is 35.5. The number of aryl methyl sites for hydroxylation is 1. The predicted molar refractivity (Wildman–Crippen MR) is 141 cm³/mol. The van der Waals surface area contributed by atoms with Gasteiger partial charge in [0.05, 0.1) is 22.5 Å². The normalized spacial score (nSPS) is 11.1. The molecule has 8 heteroatoms. The number of amides is 1. The van der Waals surface area contributed by atoms with E-state index in [0.717, 1.165) is 27.9 Å². The first-order valence-electron chi connectivity index (χ1n) is 11.5. The largest absolute Gasteiger partial charge is 0.340 e. The smallest absolute Gasteiger partial charge is 0.275 e. The van der Waals surface area contributed by atoms with Crippen LogP contribution in [-0.2, 0) is 17.9 Å². The molecular formula is C28H24ClN5O2. The van der Waals surface area contributed by atoms with Gasteiger partial charge in [0.1, 0.15) is 6.54 Å². The molecule has 0 spiro atoms. The lowest BCUT2D eigenvalue weighted by Crippen LogP contribution is -2.35. The Bertz CT molecular complexity index is 1610. The Morgan fingerprint density at radius 3 is 2.31 bits per heavy atom. The topological polar surface area (TPSA) is 73.0 Å². The molecule has 1 amide bonds. The van der Waals surface area contributed by atoms with E-state index in [1.54, 1.807) is 22.7 Å². The third-order valence-electron chi connectivity index (χ3n) is 6.10. The van der Waals surface area contributed by atoms with Crippen LogP contribution in [0.3, 0.4) is 0 Å². The van der Waals surface area contributed by atoms with Crippen LogP contribution in [0, 0.1) is 6.92 Å². The van der Waals surface area contributed by atoms with Crippen molar-refractivity contribution in [3.63, 3.8) is 0 Å². The number of rotatable bonds is 6. The maximum Gasteiger partial charge on any atom is 0.275 e. The maximum atomic E-state index is 13.2. The van der Waals surface area contributed by atoms with Gasteiger partial charge in [0, 0.05) is 41.3 Å². The van der Waals surface area contributed by atoms with Crippen LogP contribution in [0.4, 0.5) is 0 Å². The fourth-order valence-electron chi connectivity index (χ4n) is 4.19. The number of hydrogen-bond donors (Lipinski definition) is 0. The van der Waals surface area contributed by atoms with E-state index in [0.29, 0.717) is 22.6 Å². The number of hydrogen-bond acceptors (Lipinski definition) is 4. The second-order valence-electron chi connectivity index (χ2n) is 8.63. The lowest BCUT2D eigenvalue weighted by atomic mass is 10.1. The molecule has 0 saturated carbocycles. The molecule has 0 saturated heterocycles. The van der Waals surface area contributed by atoms with Crippen LogP contribution in [0.5, 0.6) is 0 Å². The average Bonchev–Trinajstić information content (AvgIpc) is 3.31. The quantitative estimate of drug-likeness (QED) is 0.335. The molecule has 0 radical (unpaired) electrons. The highest BCUT2D eigenvalue weighted by Crippen LogP contribution is 2.26. The van der Waals surface area contributed by atoms with Crippen molar-refractivity contribution in [1.82, 2.24) is 24.5 Å². The summed E-state index contributed by atoms with van der Waals surface area (Å²) in [6, 6.07) is 24.5. The minimum absolute atomic E-state index is 0.149. The molecule has 0 bridgehead atoms. The van der Waals surface area contributed by atoms with Crippen LogP contribution in [0.15, 0.2) is 89.9 Å². The van der Waals surface area contributed by atoms with E-state index in [4.69, 9.17) is 16.7 Å². The number of para-hydroxylation sites is 1. The highest BCUT2D eigenvalue weighted by Gasteiger charge is 2.19. The number of fused-ring (bicyclic) bond motifs is 1. The first kappa shape index (κ1) is 23.5. The van der Waals surface area contributed by atoms with Crippen molar-refractivity contribution in [2.45, 2.75) is 20.0 Å². The van der Waals surface area contributed by atoms with Gasteiger partial charge >= 0.3 is 0 Å². The van der Waals surface area contributed by atoms with Gasteiger partial charge in [-0.1, -0.05) is 60.1 Å². The number of likely N-dealkylation sites (N-methyl/N-ethyl adjacent to an activating group) is 1. The van der Waals surface area contributed by atoms with Crippen LogP contribution in [0.2, 0.25) is 5.02 Å². The molecule has 0 fully saturated rings. The molecular weight excluding hydrogens is 474 g/mol. The summed E-state index contributed by atoms with van der Waals surface area (Å²) in [6.45, 7) is 2.00. The van der Waals surface area contributed by atoms with Crippen LogP contribution in [0.1, 0.15) is 11.3 Å². The molecule has 7 nitrogen and oxygen atoms in total. The molecule has 0 aliphatic rings. The van der Waals surface area contributed by atoms with E-state index >= 15 is 0 Å². The minimum Gasteiger partial charge on any atom is -0.340 e. The molecule has 5 aromatic rings. The van der Waals surface area contributed by atoms with E-state index < -0.39 is 0 Å². The summed E-state index contributed by atoms with van der Waals surface area (Å²) in [5.74, 6) is -0.228. The zero-order valence-corrected chi connectivity index (χ0v) is 20.7. The van der Waals surface area contributed by atoms with Crippen molar-refractivity contribution < 1.29 is 4.79 Å². The summed E-state index contributed by atoms with van der Waals surface area (Å²) in [5.41, 5.74) is 3.86. The zero-order valence-electron chi connectivity index (χ0n) is 19.9. The van der Waals surface area contributed by atoms with E-state index in [-0.39, 0.29) is 18.0 Å². The van der Waals surface area contributed by atoms with Gasteiger partial charge in [-0.05, 0) is 37.3 Å². The maximum absolute atomic E-state index is 13.2. The number of aromatic nitrogens is 4. The molecule has 0 aliphatic carbocycles. The Morgan fingerprint density at radius 1 is 0.917 bits per heavy atom.